The quantitative estimate of drug-likeness (QED) is 0.193. The second kappa shape index (κ2) is 10.6. The summed E-state index contributed by atoms with van der Waals surface area (Å²) in [7, 11) is 0. The van der Waals surface area contributed by atoms with E-state index in [1.807, 2.05) is 0 Å². The Morgan fingerprint density at radius 3 is 1.81 bits per heavy atom. The van der Waals surface area contributed by atoms with Crippen LogP contribution >= 0.6 is 0 Å². The molecule has 0 saturated carbocycles. The van der Waals surface area contributed by atoms with Crippen LogP contribution in [0.25, 0.3) is 82.8 Å². The van der Waals surface area contributed by atoms with E-state index in [1.165, 1.54) is 71.8 Å². The van der Waals surface area contributed by atoms with E-state index >= 15 is 0 Å². The van der Waals surface area contributed by atoms with Crippen LogP contribution in [0.3, 0.4) is 0 Å². The summed E-state index contributed by atoms with van der Waals surface area (Å²) in [6.45, 7) is 0. The fourth-order valence-corrected chi connectivity index (χ4v) is 7.54. The van der Waals surface area contributed by atoms with Crippen LogP contribution in [0.5, 0.6) is 11.5 Å². The molecule has 0 saturated heterocycles. The van der Waals surface area contributed by atoms with Crippen LogP contribution in [-0.2, 0) is 0 Å². The molecule has 0 spiro atoms. The zero-order chi connectivity index (χ0) is 31.6. The number of nitrogens with zero attached hydrogens (tertiary/aromatic N) is 1. The molecule has 8 aromatic carbocycles. The number of fused-ring (bicyclic) bond motifs is 5. The zero-order valence-electron chi connectivity index (χ0n) is 26.1. The summed E-state index contributed by atoms with van der Waals surface area (Å²) in [5.41, 5.74) is 13.1. The molecule has 224 valence electrons. The van der Waals surface area contributed by atoms with E-state index in [1.54, 1.807) is 0 Å². The predicted octanol–water partition coefficient (Wildman–Crippen LogP) is 12.7. The molecular weight excluding hydrogens is 583 g/mol. The standard InChI is InChI=1S/C46H29NO/c1-3-10-30(11-4-1)34-23-26-44-41(29-34)39-16-9-15-38-36(24-27-45(48-44)46(38)39)32-20-18-31(19-21-32)33-22-25-43-40(28-33)37-14-7-8-17-42(37)47(43)35-12-5-2-6-13-35/h1-29H. The first-order valence-corrected chi connectivity index (χ1v) is 16.4. The topological polar surface area (TPSA) is 14.2 Å². The molecule has 2 heterocycles. The lowest BCUT2D eigenvalue weighted by Gasteiger charge is -2.23. The molecule has 48 heavy (non-hydrogen) atoms. The maximum Gasteiger partial charge on any atom is 0.135 e. The summed E-state index contributed by atoms with van der Waals surface area (Å²) in [5.74, 6) is 1.81. The number of hydrogen-bond donors (Lipinski definition) is 0. The van der Waals surface area contributed by atoms with E-state index in [4.69, 9.17) is 4.74 Å². The first-order chi connectivity index (χ1) is 23.8. The third-order valence-corrected chi connectivity index (χ3v) is 9.82. The lowest BCUT2D eigenvalue weighted by atomic mass is 9.89. The number of para-hydroxylation sites is 2. The number of hydrogen-bond acceptors (Lipinski definition) is 1. The first-order valence-electron chi connectivity index (χ1n) is 16.4. The molecule has 2 heteroatoms. The van der Waals surface area contributed by atoms with Crippen molar-refractivity contribution in [1.82, 2.24) is 4.57 Å². The second-order valence-electron chi connectivity index (χ2n) is 12.5. The highest BCUT2D eigenvalue weighted by molar-refractivity contribution is 6.11. The SMILES string of the molecule is c1ccc(-c2ccc3c(c2)-c2cccc4c(-c5ccc(-c6ccc7c(c6)c6ccccc6n7-c6ccccc6)cc5)ccc(c24)O3)cc1. The monoisotopic (exact) mass is 611 g/mol. The van der Waals surface area contributed by atoms with E-state index in [0.29, 0.717) is 0 Å². The normalized spacial score (nSPS) is 11.9. The van der Waals surface area contributed by atoms with Crippen molar-refractivity contribution in [2.75, 3.05) is 0 Å². The Kier molecular flexibility index (Phi) is 5.91. The minimum absolute atomic E-state index is 0.899. The smallest absolute Gasteiger partial charge is 0.135 e. The molecule has 0 aliphatic carbocycles. The van der Waals surface area contributed by atoms with Crippen molar-refractivity contribution in [2.24, 2.45) is 0 Å². The highest BCUT2D eigenvalue weighted by atomic mass is 16.5. The maximum absolute atomic E-state index is 6.50. The summed E-state index contributed by atoms with van der Waals surface area (Å²) >= 11 is 0. The molecule has 1 aromatic heterocycles. The number of aromatic nitrogens is 1. The van der Waals surface area contributed by atoms with Crippen LogP contribution in [0.15, 0.2) is 176 Å². The van der Waals surface area contributed by atoms with Gasteiger partial charge in [0.05, 0.1) is 11.0 Å². The minimum atomic E-state index is 0.899. The molecule has 1 aliphatic heterocycles. The van der Waals surface area contributed by atoms with Crippen LogP contribution in [-0.4, -0.2) is 4.57 Å². The Labute approximate surface area is 278 Å². The van der Waals surface area contributed by atoms with Gasteiger partial charge in [0.1, 0.15) is 11.5 Å². The summed E-state index contributed by atoms with van der Waals surface area (Å²) in [6.07, 6.45) is 0. The van der Waals surface area contributed by atoms with E-state index in [0.717, 1.165) is 22.4 Å². The van der Waals surface area contributed by atoms with Gasteiger partial charge in [-0.1, -0.05) is 127 Å². The highest BCUT2D eigenvalue weighted by Gasteiger charge is 2.22. The van der Waals surface area contributed by atoms with Crippen molar-refractivity contribution < 1.29 is 4.74 Å². The fraction of sp³-hybridized carbons (Fsp3) is 0. The molecule has 9 aromatic rings. The second-order valence-corrected chi connectivity index (χ2v) is 12.5. The van der Waals surface area contributed by atoms with Gasteiger partial charge in [0.2, 0.25) is 0 Å². The largest absolute Gasteiger partial charge is 0.456 e. The van der Waals surface area contributed by atoms with Crippen molar-refractivity contribution in [3.63, 3.8) is 0 Å². The summed E-state index contributed by atoms with van der Waals surface area (Å²) < 4.78 is 8.86. The van der Waals surface area contributed by atoms with Gasteiger partial charge in [-0.2, -0.15) is 0 Å². The Morgan fingerprint density at radius 1 is 0.333 bits per heavy atom. The maximum atomic E-state index is 6.50. The number of benzene rings is 8. The lowest BCUT2D eigenvalue weighted by molar-refractivity contribution is 0.487. The van der Waals surface area contributed by atoms with Crippen LogP contribution in [0.4, 0.5) is 0 Å². The molecule has 2 nitrogen and oxygen atoms in total. The lowest BCUT2D eigenvalue weighted by Crippen LogP contribution is -1.98. The van der Waals surface area contributed by atoms with Crippen LogP contribution in [0.1, 0.15) is 0 Å². The Balaban J connectivity index is 1.05. The van der Waals surface area contributed by atoms with Crippen molar-refractivity contribution in [3.05, 3.63) is 176 Å². The summed E-state index contributed by atoms with van der Waals surface area (Å²) in [4.78, 5) is 0. The van der Waals surface area contributed by atoms with Gasteiger partial charge < -0.3 is 9.30 Å². The fourth-order valence-electron chi connectivity index (χ4n) is 7.54. The number of ether oxygens (including phenoxy) is 1. The van der Waals surface area contributed by atoms with Gasteiger partial charge in [-0.3, -0.25) is 0 Å². The van der Waals surface area contributed by atoms with Crippen molar-refractivity contribution in [3.8, 4) is 61.7 Å². The van der Waals surface area contributed by atoms with E-state index in [2.05, 4.69) is 180 Å². The van der Waals surface area contributed by atoms with Gasteiger partial charge in [0, 0.05) is 27.4 Å². The molecule has 0 atom stereocenters. The number of rotatable bonds is 4. The van der Waals surface area contributed by atoms with E-state index < -0.39 is 0 Å². The molecule has 0 amide bonds. The molecular formula is C46H29NO. The third-order valence-electron chi connectivity index (χ3n) is 9.82. The van der Waals surface area contributed by atoms with Crippen molar-refractivity contribution in [1.29, 1.82) is 0 Å². The molecule has 0 N–H and O–H groups in total. The molecule has 0 unspecified atom stereocenters. The van der Waals surface area contributed by atoms with Gasteiger partial charge >= 0.3 is 0 Å². The van der Waals surface area contributed by atoms with Gasteiger partial charge in [-0.15, -0.1) is 0 Å². The van der Waals surface area contributed by atoms with E-state index in [9.17, 15) is 0 Å². The minimum Gasteiger partial charge on any atom is -0.456 e. The highest BCUT2D eigenvalue weighted by Crippen LogP contribution is 2.49. The predicted molar refractivity (Wildman–Crippen MR) is 200 cm³/mol. The van der Waals surface area contributed by atoms with Crippen LogP contribution in [0, 0.1) is 0 Å². The molecule has 0 radical (unpaired) electrons. The van der Waals surface area contributed by atoms with E-state index in [-0.39, 0.29) is 0 Å². The van der Waals surface area contributed by atoms with Gasteiger partial charge in [0.25, 0.3) is 0 Å². The summed E-state index contributed by atoms with van der Waals surface area (Å²) in [5, 5.41) is 4.88. The molecule has 0 fully saturated rings. The van der Waals surface area contributed by atoms with Gasteiger partial charge in [0.15, 0.2) is 0 Å². The van der Waals surface area contributed by atoms with Crippen LogP contribution in [0.2, 0.25) is 0 Å². The molecule has 10 rings (SSSR count). The Morgan fingerprint density at radius 2 is 0.958 bits per heavy atom. The Bertz CT molecular complexity index is 2670. The van der Waals surface area contributed by atoms with Crippen molar-refractivity contribution >= 4 is 32.6 Å². The molecule has 0 bridgehead atoms. The van der Waals surface area contributed by atoms with Crippen molar-refractivity contribution in [2.45, 2.75) is 0 Å². The zero-order valence-corrected chi connectivity index (χ0v) is 26.1. The van der Waals surface area contributed by atoms with Gasteiger partial charge in [-0.05, 0) is 92.9 Å². The van der Waals surface area contributed by atoms with Crippen LogP contribution < -0.4 is 4.74 Å². The Hall–Kier alpha value is -6.38. The first kappa shape index (κ1) is 26.8. The van der Waals surface area contributed by atoms with Gasteiger partial charge in [-0.25, -0.2) is 0 Å². The average Bonchev–Trinajstić information content (AvgIpc) is 3.49. The average molecular weight is 612 g/mol. The third kappa shape index (κ3) is 4.13. The molecule has 1 aliphatic rings. The summed E-state index contributed by atoms with van der Waals surface area (Å²) in [6, 6.07) is 63.1.